The summed E-state index contributed by atoms with van der Waals surface area (Å²) in [6.07, 6.45) is 3.07. The second kappa shape index (κ2) is 4.41. The number of aromatic amines is 1. The first-order valence-corrected chi connectivity index (χ1v) is 7.65. The molecule has 22 heavy (non-hydrogen) atoms. The number of H-pyrrole nitrogens is 1. The van der Waals surface area contributed by atoms with Gasteiger partial charge in [-0.15, -0.1) is 0 Å². The van der Waals surface area contributed by atoms with Gasteiger partial charge in [-0.2, -0.15) is 5.10 Å². The number of nitrogens with one attached hydrogen (secondary N) is 1. The average Bonchev–Trinajstić information content (AvgIpc) is 3.05. The Morgan fingerprint density at radius 3 is 2.86 bits per heavy atom. The van der Waals surface area contributed by atoms with Crippen LogP contribution in [0.3, 0.4) is 0 Å². The number of aliphatic imine (C=N–C) groups is 1. The van der Waals surface area contributed by atoms with Gasteiger partial charge in [-0.25, -0.2) is 4.99 Å². The summed E-state index contributed by atoms with van der Waals surface area (Å²) in [6, 6.07) is 3.81. The lowest BCUT2D eigenvalue weighted by molar-refractivity contribution is -0.124. The lowest BCUT2D eigenvalue weighted by atomic mass is 9.64. The zero-order valence-corrected chi connectivity index (χ0v) is 13.0. The van der Waals surface area contributed by atoms with Crippen LogP contribution in [-0.2, 0) is 4.79 Å². The molecule has 5 heteroatoms. The Bertz CT molecular complexity index is 768. The highest BCUT2D eigenvalue weighted by atomic mass is 16.3. The van der Waals surface area contributed by atoms with Gasteiger partial charge in [0.2, 0.25) is 0 Å². The number of hydrogen-bond acceptors (Lipinski definition) is 4. The molecule has 2 atom stereocenters. The molecular formula is C17H19N3O2. The highest BCUT2D eigenvalue weighted by Gasteiger charge is 2.47. The lowest BCUT2D eigenvalue weighted by Gasteiger charge is -2.39. The molecule has 2 unspecified atom stereocenters. The molecule has 1 aliphatic carbocycles. The van der Waals surface area contributed by atoms with E-state index in [1.807, 2.05) is 19.1 Å². The predicted molar refractivity (Wildman–Crippen MR) is 82.5 cm³/mol. The molecule has 2 aromatic heterocycles. The third-order valence-electron chi connectivity index (χ3n) is 4.74. The van der Waals surface area contributed by atoms with E-state index in [0.717, 1.165) is 29.2 Å². The van der Waals surface area contributed by atoms with Gasteiger partial charge in [0.1, 0.15) is 11.5 Å². The van der Waals surface area contributed by atoms with E-state index in [1.54, 1.807) is 6.26 Å². The number of aromatic nitrogens is 2. The number of Topliss-reactive ketones (excluding diaryl/α,β-unsaturated/α-hetero) is 1. The monoisotopic (exact) mass is 297 g/mol. The molecule has 0 spiro atoms. The zero-order chi connectivity index (χ0) is 15.5. The number of rotatable bonds is 1. The fourth-order valence-electron chi connectivity index (χ4n) is 3.88. The molecule has 114 valence electrons. The van der Waals surface area contributed by atoms with Crippen molar-refractivity contribution in [3.8, 4) is 0 Å². The van der Waals surface area contributed by atoms with Crippen LogP contribution in [0.25, 0.3) is 0 Å². The first kappa shape index (κ1) is 13.5. The number of aryl methyl sites for hydroxylation is 1. The van der Waals surface area contributed by atoms with Crippen LogP contribution < -0.4 is 0 Å². The Hall–Kier alpha value is -2.17. The number of nitrogens with zero attached hydrogens (tertiary/aromatic N) is 2. The highest BCUT2D eigenvalue weighted by Crippen LogP contribution is 2.49. The number of carbonyl (C=O) groups excluding carboxylic acids is 1. The number of furan rings is 1. The van der Waals surface area contributed by atoms with Crippen molar-refractivity contribution in [2.45, 2.75) is 39.5 Å². The Balaban J connectivity index is 1.92. The molecule has 1 N–H and O–H groups in total. The molecular weight excluding hydrogens is 278 g/mol. The van der Waals surface area contributed by atoms with Gasteiger partial charge in [0.05, 0.1) is 18.1 Å². The maximum atomic E-state index is 12.8. The van der Waals surface area contributed by atoms with Crippen molar-refractivity contribution >= 4 is 17.3 Å². The van der Waals surface area contributed by atoms with E-state index >= 15 is 0 Å². The number of carbonyl (C=O) groups is 1. The number of hydrogen-bond donors (Lipinski definition) is 1. The van der Waals surface area contributed by atoms with Gasteiger partial charge < -0.3 is 4.42 Å². The molecule has 0 saturated heterocycles. The van der Waals surface area contributed by atoms with Crippen LogP contribution in [0.5, 0.6) is 0 Å². The Labute approximate surface area is 128 Å². The molecule has 4 rings (SSSR count). The van der Waals surface area contributed by atoms with Crippen LogP contribution in [0, 0.1) is 18.3 Å². The topological polar surface area (TPSA) is 71.2 Å². The normalized spacial score (nSPS) is 26.3. The summed E-state index contributed by atoms with van der Waals surface area (Å²) in [4.78, 5) is 17.5. The standard InChI is InChI=1S/C17H19N3O2/c1-9-13-15(12-5-4-6-22-12)14-10(18-16(13)20-19-9)7-17(2,3)8-11(14)21/h4-6,14-15H,7-8H2,1-3H3,(H,19,20). The molecule has 3 heterocycles. The fourth-order valence-corrected chi connectivity index (χ4v) is 3.88. The summed E-state index contributed by atoms with van der Waals surface area (Å²) in [7, 11) is 0. The van der Waals surface area contributed by atoms with Crippen molar-refractivity contribution in [3.63, 3.8) is 0 Å². The van der Waals surface area contributed by atoms with Gasteiger partial charge in [-0.3, -0.25) is 9.89 Å². The summed E-state index contributed by atoms with van der Waals surface area (Å²) < 4.78 is 5.65. The van der Waals surface area contributed by atoms with Crippen LogP contribution in [0.2, 0.25) is 0 Å². The van der Waals surface area contributed by atoms with Gasteiger partial charge in [0, 0.05) is 23.4 Å². The average molecular weight is 297 g/mol. The van der Waals surface area contributed by atoms with Crippen LogP contribution in [0.1, 0.15) is 49.6 Å². The zero-order valence-electron chi connectivity index (χ0n) is 13.0. The van der Waals surface area contributed by atoms with E-state index in [-0.39, 0.29) is 23.0 Å². The van der Waals surface area contributed by atoms with Crippen LogP contribution in [0.15, 0.2) is 27.8 Å². The van der Waals surface area contributed by atoms with Crippen molar-refractivity contribution in [3.05, 3.63) is 35.4 Å². The summed E-state index contributed by atoms with van der Waals surface area (Å²) in [5.41, 5.74) is 2.86. The quantitative estimate of drug-likeness (QED) is 0.875. The molecule has 5 nitrogen and oxygen atoms in total. The van der Waals surface area contributed by atoms with E-state index < -0.39 is 0 Å². The Morgan fingerprint density at radius 1 is 1.32 bits per heavy atom. The third-order valence-corrected chi connectivity index (χ3v) is 4.74. The second-order valence-corrected chi connectivity index (χ2v) is 7.14. The minimum Gasteiger partial charge on any atom is -0.469 e. The maximum Gasteiger partial charge on any atom is 0.177 e. The first-order valence-electron chi connectivity index (χ1n) is 7.65. The Morgan fingerprint density at radius 2 is 2.14 bits per heavy atom. The number of ketones is 1. The van der Waals surface area contributed by atoms with Gasteiger partial charge in [0.15, 0.2) is 5.82 Å². The molecule has 2 aliphatic rings. The van der Waals surface area contributed by atoms with Crippen molar-refractivity contribution in [2.75, 3.05) is 0 Å². The molecule has 0 radical (unpaired) electrons. The molecule has 1 saturated carbocycles. The lowest BCUT2D eigenvalue weighted by Crippen LogP contribution is -2.42. The van der Waals surface area contributed by atoms with E-state index in [9.17, 15) is 4.79 Å². The van der Waals surface area contributed by atoms with Crippen LogP contribution in [-0.4, -0.2) is 21.7 Å². The molecule has 2 aromatic rings. The third kappa shape index (κ3) is 1.88. The fraction of sp³-hybridized carbons (Fsp3) is 0.471. The van der Waals surface area contributed by atoms with Crippen molar-refractivity contribution < 1.29 is 9.21 Å². The smallest absolute Gasteiger partial charge is 0.177 e. The highest BCUT2D eigenvalue weighted by molar-refractivity contribution is 6.10. The van der Waals surface area contributed by atoms with E-state index in [1.165, 1.54) is 0 Å². The number of fused-ring (bicyclic) bond motifs is 2. The molecule has 0 bridgehead atoms. The van der Waals surface area contributed by atoms with Gasteiger partial charge in [-0.05, 0) is 30.9 Å². The second-order valence-electron chi connectivity index (χ2n) is 7.14. The predicted octanol–water partition coefficient (Wildman–Crippen LogP) is 3.53. The van der Waals surface area contributed by atoms with E-state index in [2.05, 4.69) is 24.0 Å². The Kier molecular flexibility index (Phi) is 2.71. The molecule has 1 fully saturated rings. The molecule has 0 amide bonds. The summed E-state index contributed by atoms with van der Waals surface area (Å²) >= 11 is 0. The minimum atomic E-state index is -0.219. The van der Waals surface area contributed by atoms with Crippen molar-refractivity contribution in [1.82, 2.24) is 10.2 Å². The summed E-state index contributed by atoms with van der Waals surface area (Å²) in [6.45, 7) is 6.22. The van der Waals surface area contributed by atoms with Crippen molar-refractivity contribution in [1.29, 1.82) is 0 Å². The summed E-state index contributed by atoms with van der Waals surface area (Å²) in [5.74, 6) is 1.44. The van der Waals surface area contributed by atoms with E-state index in [4.69, 9.17) is 9.41 Å². The van der Waals surface area contributed by atoms with Crippen molar-refractivity contribution in [2.24, 2.45) is 16.3 Å². The minimum absolute atomic E-state index is 0.0387. The van der Waals surface area contributed by atoms with E-state index in [0.29, 0.717) is 12.2 Å². The molecule has 0 aromatic carbocycles. The maximum absolute atomic E-state index is 12.8. The largest absolute Gasteiger partial charge is 0.469 e. The van der Waals surface area contributed by atoms with Crippen LogP contribution in [0.4, 0.5) is 5.82 Å². The molecule has 1 aliphatic heterocycles. The first-order chi connectivity index (χ1) is 10.5. The summed E-state index contributed by atoms with van der Waals surface area (Å²) in [5, 5.41) is 7.32. The van der Waals surface area contributed by atoms with Gasteiger partial charge in [-0.1, -0.05) is 13.8 Å². The SMILES string of the molecule is Cc1[nH]nc2c1C(c1ccco1)C1C(=O)CC(C)(C)CC1=N2. The van der Waals surface area contributed by atoms with Crippen LogP contribution >= 0.6 is 0 Å². The van der Waals surface area contributed by atoms with Gasteiger partial charge in [0.25, 0.3) is 0 Å². The van der Waals surface area contributed by atoms with Gasteiger partial charge >= 0.3 is 0 Å².